The van der Waals surface area contributed by atoms with Gasteiger partial charge in [0, 0.05) is 24.2 Å². The summed E-state index contributed by atoms with van der Waals surface area (Å²) in [5.41, 5.74) is 0. The number of hydrogen-bond donors (Lipinski definition) is 1. The lowest BCUT2D eigenvalue weighted by Gasteiger charge is -2.28. The van der Waals surface area contributed by atoms with Crippen LogP contribution in [-0.4, -0.2) is 19.2 Å². The highest BCUT2D eigenvalue weighted by Gasteiger charge is 2.34. The fraction of sp³-hybridized carbons (Fsp3) is 0.333. The van der Waals surface area contributed by atoms with Gasteiger partial charge in [-0.25, -0.2) is 0 Å². The van der Waals surface area contributed by atoms with E-state index >= 15 is 0 Å². The molecule has 0 atom stereocenters. The maximum atomic E-state index is 12.5. The van der Waals surface area contributed by atoms with Gasteiger partial charge in [0.15, 0.2) is 11.5 Å². The highest BCUT2D eigenvalue weighted by atomic mass is 35.5. The van der Waals surface area contributed by atoms with Crippen molar-refractivity contribution in [1.29, 1.82) is 0 Å². The van der Waals surface area contributed by atoms with E-state index in [4.69, 9.17) is 25.5 Å². The molecule has 1 saturated heterocycles. The summed E-state index contributed by atoms with van der Waals surface area (Å²) in [6.07, 6.45) is -4.49. The van der Waals surface area contributed by atoms with Crippen LogP contribution in [0.1, 0.15) is 11.5 Å². The first kappa shape index (κ1) is 16.0. The first-order valence-electron chi connectivity index (χ1n) is 6.87. The number of furan rings is 1. The van der Waals surface area contributed by atoms with Gasteiger partial charge in [0.25, 0.3) is 0 Å². The summed E-state index contributed by atoms with van der Waals surface area (Å²) in [7, 11) is 0. The number of rotatable bonds is 5. The minimum atomic E-state index is -4.51. The van der Waals surface area contributed by atoms with Crippen molar-refractivity contribution in [3.63, 3.8) is 0 Å². The Morgan fingerprint density at radius 1 is 1.17 bits per heavy atom. The van der Waals surface area contributed by atoms with E-state index in [1.165, 1.54) is 6.07 Å². The molecule has 0 aliphatic carbocycles. The van der Waals surface area contributed by atoms with E-state index in [1.807, 2.05) is 0 Å². The van der Waals surface area contributed by atoms with Gasteiger partial charge >= 0.3 is 6.18 Å². The Hall–Kier alpha value is -1.86. The normalized spacial score (nSPS) is 15.3. The molecule has 0 radical (unpaired) electrons. The highest BCUT2D eigenvalue weighted by Crippen LogP contribution is 2.34. The van der Waals surface area contributed by atoms with E-state index in [-0.39, 0.29) is 18.5 Å². The van der Waals surface area contributed by atoms with Crippen molar-refractivity contribution in [2.45, 2.75) is 18.9 Å². The van der Waals surface area contributed by atoms with Crippen molar-refractivity contribution in [3.8, 4) is 11.5 Å². The van der Waals surface area contributed by atoms with E-state index in [9.17, 15) is 13.2 Å². The maximum Gasteiger partial charge on any atom is 0.449 e. The summed E-state index contributed by atoms with van der Waals surface area (Å²) in [5.74, 6) is -0.134. The lowest BCUT2D eigenvalue weighted by molar-refractivity contribution is -0.153. The summed E-state index contributed by atoms with van der Waals surface area (Å²) >= 11 is 5.94. The first-order chi connectivity index (χ1) is 10.9. The van der Waals surface area contributed by atoms with Gasteiger partial charge < -0.3 is 19.2 Å². The van der Waals surface area contributed by atoms with Gasteiger partial charge in [0.05, 0.1) is 0 Å². The molecule has 1 aliphatic heterocycles. The van der Waals surface area contributed by atoms with Crippen LogP contribution < -0.4 is 14.8 Å². The predicted molar refractivity (Wildman–Crippen MR) is 76.8 cm³/mol. The third-order valence-corrected chi connectivity index (χ3v) is 3.49. The molecule has 0 unspecified atom stereocenters. The molecule has 4 nitrogen and oxygen atoms in total. The van der Waals surface area contributed by atoms with Crippen molar-refractivity contribution in [2.24, 2.45) is 0 Å². The molecule has 3 rings (SSSR count). The smallest absolute Gasteiger partial charge is 0.449 e. The van der Waals surface area contributed by atoms with Crippen LogP contribution in [0.5, 0.6) is 11.5 Å². The Kier molecular flexibility index (Phi) is 4.41. The van der Waals surface area contributed by atoms with Gasteiger partial charge in [-0.3, -0.25) is 0 Å². The van der Waals surface area contributed by atoms with Crippen LogP contribution in [0.3, 0.4) is 0 Å². The second-order valence-electron chi connectivity index (χ2n) is 5.04. The fourth-order valence-electron chi connectivity index (χ4n) is 1.98. The van der Waals surface area contributed by atoms with Crippen molar-refractivity contribution < 1.29 is 27.1 Å². The van der Waals surface area contributed by atoms with E-state index in [2.05, 4.69) is 5.32 Å². The Morgan fingerprint density at radius 3 is 2.57 bits per heavy atom. The Morgan fingerprint density at radius 2 is 1.96 bits per heavy atom. The Labute approximate surface area is 135 Å². The summed E-state index contributed by atoms with van der Waals surface area (Å²) in [6, 6.07) is 6.94. The molecule has 1 aromatic carbocycles. The van der Waals surface area contributed by atoms with Crippen LogP contribution in [0, 0.1) is 0 Å². The predicted octanol–water partition coefficient (Wildman–Crippen LogP) is 3.88. The number of halogens is 4. The molecule has 0 amide bonds. The van der Waals surface area contributed by atoms with Crippen LogP contribution in [0.25, 0.3) is 0 Å². The van der Waals surface area contributed by atoms with Crippen molar-refractivity contribution in [2.75, 3.05) is 13.1 Å². The quantitative estimate of drug-likeness (QED) is 0.891. The molecule has 0 bridgehead atoms. The number of alkyl halides is 3. The zero-order valence-electron chi connectivity index (χ0n) is 11.8. The van der Waals surface area contributed by atoms with Gasteiger partial charge in [-0.05, 0) is 24.3 Å². The molecule has 2 heterocycles. The summed E-state index contributed by atoms with van der Waals surface area (Å²) in [6.45, 7) is 1.30. The molecule has 1 fully saturated rings. The molecule has 23 heavy (non-hydrogen) atoms. The standard InChI is InChI=1S/C15H13ClF3NO3/c16-9-1-3-12(13(5-9)22-11-6-20-7-11)21-8-10-2-4-14(23-10)15(17,18)19/h1-5,11,20H,6-8H2. The van der Waals surface area contributed by atoms with Gasteiger partial charge in [-0.2, -0.15) is 13.2 Å². The van der Waals surface area contributed by atoms with Crippen molar-refractivity contribution in [1.82, 2.24) is 5.32 Å². The van der Waals surface area contributed by atoms with Gasteiger partial charge in [-0.15, -0.1) is 0 Å². The van der Waals surface area contributed by atoms with Gasteiger partial charge in [0.2, 0.25) is 5.76 Å². The SMILES string of the molecule is FC(F)(F)c1ccc(COc2ccc(Cl)cc2OC2CNC2)o1. The number of hydrogen-bond acceptors (Lipinski definition) is 4. The second kappa shape index (κ2) is 6.33. The first-order valence-corrected chi connectivity index (χ1v) is 7.25. The number of nitrogens with one attached hydrogen (secondary N) is 1. The maximum absolute atomic E-state index is 12.5. The summed E-state index contributed by atoms with van der Waals surface area (Å²) in [4.78, 5) is 0. The zero-order chi connectivity index (χ0) is 16.4. The lowest BCUT2D eigenvalue weighted by atomic mass is 10.2. The number of benzene rings is 1. The topological polar surface area (TPSA) is 43.6 Å². The largest absolute Gasteiger partial charge is 0.484 e. The molecule has 1 aliphatic rings. The van der Waals surface area contributed by atoms with E-state index in [0.29, 0.717) is 16.5 Å². The van der Waals surface area contributed by atoms with Gasteiger partial charge in [-0.1, -0.05) is 11.6 Å². The Balaban J connectivity index is 1.68. The minimum absolute atomic E-state index is 0.0243. The van der Waals surface area contributed by atoms with Crippen LogP contribution >= 0.6 is 11.6 Å². The lowest BCUT2D eigenvalue weighted by Crippen LogP contribution is -2.50. The molecule has 0 spiro atoms. The van der Waals surface area contributed by atoms with Gasteiger partial charge in [0.1, 0.15) is 18.5 Å². The van der Waals surface area contributed by atoms with E-state index in [1.54, 1.807) is 18.2 Å². The number of ether oxygens (including phenoxy) is 2. The Bertz CT molecular complexity index is 683. The van der Waals surface area contributed by atoms with Crippen LogP contribution in [0.4, 0.5) is 13.2 Å². The second-order valence-corrected chi connectivity index (χ2v) is 5.48. The molecule has 1 aromatic heterocycles. The summed E-state index contributed by atoms with van der Waals surface area (Å²) < 4.78 is 53.4. The van der Waals surface area contributed by atoms with Crippen molar-refractivity contribution >= 4 is 11.6 Å². The minimum Gasteiger partial charge on any atom is -0.484 e. The molecular weight excluding hydrogens is 335 g/mol. The monoisotopic (exact) mass is 347 g/mol. The average Bonchev–Trinajstić information content (AvgIpc) is 2.91. The zero-order valence-corrected chi connectivity index (χ0v) is 12.6. The molecular formula is C15H13ClF3NO3. The van der Waals surface area contributed by atoms with Crippen LogP contribution in [-0.2, 0) is 12.8 Å². The molecule has 1 N–H and O–H groups in total. The summed E-state index contributed by atoms with van der Waals surface area (Å²) in [5, 5.41) is 3.55. The highest BCUT2D eigenvalue weighted by molar-refractivity contribution is 6.30. The molecule has 8 heteroatoms. The fourth-order valence-corrected chi connectivity index (χ4v) is 2.14. The van der Waals surface area contributed by atoms with Crippen LogP contribution in [0.2, 0.25) is 5.02 Å². The van der Waals surface area contributed by atoms with E-state index < -0.39 is 11.9 Å². The van der Waals surface area contributed by atoms with Crippen LogP contribution in [0.15, 0.2) is 34.7 Å². The van der Waals surface area contributed by atoms with E-state index in [0.717, 1.165) is 19.2 Å². The molecule has 124 valence electrons. The van der Waals surface area contributed by atoms with Crippen molar-refractivity contribution in [3.05, 3.63) is 46.9 Å². The third-order valence-electron chi connectivity index (χ3n) is 3.25. The average molecular weight is 348 g/mol. The molecule has 0 saturated carbocycles. The molecule has 2 aromatic rings. The third kappa shape index (κ3) is 3.92.